The number of nitrogens with zero attached hydrogens (tertiary/aromatic N) is 9. The van der Waals surface area contributed by atoms with Gasteiger partial charge in [0.05, 0.1) is 40.9 Å². The predicted molar refractivity (Wildman–Crippen MR) is 233 cm³/mol. The summed E-state index contributed by atoms with van der Waals surface area (Å²) in [6, 6.07) is 36.5. The molecule has 4 atom stereocenters. The molecular formula is C47H53N9O3. The van der Waals surface area contributed by atoms with Crippen LogP contribution in [0.25, 0.3) is 27.5 Å². The Labute approximate surface area is 345 Å². The third-order valence-corrected chi connectivity index (χ3v) is 12.8. The van der Waals surface area contributed by atoms with E-state index in [0.717, 1.165) is 97.1 Å². The molecule has 6 heterocycles. The van der Waals surface area contributed by atoms with Gasteiger partial charge in [0, 0.05) is 81.9 Å². The third-order valence-electron chi connectivity index (χ3n) is 12.8. The number of likely N-dealkylation sites (tertiary alicyclic amines) is 1. The molecule has 4 aliphatic heterocycles. The van der Waals surface area contributed by atoms with Crippen LogP contribution in [-0.2, 0) is 5.60 Å². The second-order valence-corrected chi connectivity index (χ2v) is 16.3. The van der Waals surface area contributed by atoms with E-state index >= 15 is 0 Å². The molecule has 59 heavy (non-hydrogen) atoms. The van der Waals surface area contributed by atoms with Crippen molar-refractivity contribution >= 4 is 39.1 Å². The van der Waals surface area contributed by atoms with Crippen molar-refractivity contribution in [3.05, 3.63) is 140 Å². The van der Waals surface area contributed by atoms with Crippen molar-refractivity contribution in [2.24, 2.45) is 0 Å². The normalized spacial score (nSPS) is 23.7. The minimum atomic E-state index is -0.774. The molecule has 304 valence electrons. The fraction of sp³-hybridized carbons (Fsp3) is 0.362. The average Bonchev–Trinajstić information content (AvgIpc) is 3.88. The van der Waals surface area contributed by atoms with E-state index in [0.29, 0.717) is 25.9 Å². The van der Waals surface area contributed by atoms with Crippen LogP contribution in [0, 0.1) is 0 Å². The van der Waals surface area contributed by atoms with Gasteiger partial charge in [0.25, 0.3) is 0 Å². The van der Waals surface area contributed by atoms with Crippen LogP contribution in [0.15, 0.2) is 128 Å². The number of aliphatic hydroxyl groups is 3. The number of para-hydroxylation sites is 2. The summed E-state index contributed by atoms with van der Waals surface area (Å²) in [4.78, 5) is 29.2. The summed E-state index contributed by atoms with van der Waals surface area (Å²) >= 11 is 0. The molecule has 4 saturated heterocycles. The molecule has 4 unspecified atom stereocenters. The summed E-state index contributed by atoms with van der Waals surface area (Å²) in [5, 5.41) is 34.8. The van der Waals surface area contributed by atoms with E-state index in [1.54, 1.807) is 12.7 Å². The Bertz CT molecular complexity index is 2340. The highest BCUT2D eigenvalue weighted by atomic mass is 16.3. The quantitative estimate of drug-likeness (QED) is 0.209. The van der Waals surface area contributed by atoms with E-state index in [2.05, 4.69) is 81.3 Å². The van der Waals surface area contributed by atoms with E-state index < -0.39 is 11.7 Å². The zero-order valence-electron chi connectivity index (χ0n) is 33.4. The van der Waals surface area contributed by atoms with Gasteiger partial charge in [-0.25, -0.2) is 19.9 Å². The van der Waals surface area contributed by atoms with Gasteiger partial charge in [-0.1, -0.05) is 91.5 Å². The van der Waals surface area contributed by atoms with Crippen molar-refractivity contribution in [2.45, 2.75) is 42.7 Å². The minimum Gasteiger partial charge on any atom is -0.390 e. The highest BCUT2D eigenvalue weighted by Crippen LogP contribution is 2.36. The molecule has 10 rings (SSSR count). The number of fused-ring (bicyclic) bond motifs is 2. The zero-order valence-corrected chi connectivity index (χ0v) is 33.4. The van der Waals surface area contributed by atoms with Crippen molar-refractivity contribution < 1.29 is 15.3 Å². The molecule has 0 radical (unpaired) electrons. The second kappa shape index (κ2) is 17.0. The van der Waals surface area contributed by atoms with E-state index in [4.69, 9.17) is 0 Å². The topological polar surface area (TPSA) is 128 Å². The summed E-state index contributed by atoms with van der Waals surface area (Å²) in [6.07, 6.45) is 3.74. The number of hydrogen-bond acceptors (Lipinski definition) is 12. The summed E-state index contributed by atoms with van der Waals surface area (Å²) in [7, 11) is 0. The third kappa shape index (κ3) is 8.11. The fourth-order valence-electron chi connectivity index (χ4n) is 9.49. The Morgan fingerprint density at radius 1 is 0.542 bits per heavy atom. The Morgan fingerprint density at radius 3 is 1.53 bits per heavy atom. The lowest BCUT2D eigenvalue weighted by Crippen LogP contribution is -2.53. The number of piperazine rings is 1. The van der Waals surface area contributed by atoms with Crippen molar-refractivity contribution in [3.63, 3.8) is 0 Å². The molecule has 0 amide bonds. The first-order chi connectivity index (χ1) is 28.8. The van der Waals surface area contributed by atoms with Crippen LogP contribution in [0.4, 0.5) is 11.6 Å². The summed E-state index contributed by atoms with van der Waals surface area (Å²) < 4.78 is 0. The van der Waals surface area contributed by atoms with Crippen LogP contribution in [-0.4, -0.2) is 140 Å². The standard InChI is InChI=1S/C24H27N5O.C23H26N4O2/c1-18(19-7-3-2-4-8-19)27-11-13-28(14-12-27)22-15-29(16-23(22)30)24-20-9-5-6-10-21(20)25-17-26-24;28-21-15-27(22-18-8-4-5-9-19(18)24-16-25-22)14-20(21)26-12-10-23(29,11-13-26)17-6-2-1-3-7-17/h2-10,17,22-23,30H,1,11-16H2;1-9,16,20-21,28-29H,10-15H2. The van der Waals surface area contributed by atoms with Crippen LogP contribution < -0.4 is 9.80 Å². The largest absolute Gasteiger partial charge is 0.390 e. The highest BCUT2D eigenvalue weighted by Gasteiger charge is 2.42. The van der Waals surface area contributed by atoms with Gasteiger partial charge < -0.3 is 30.0 Å². The SMILES string of the molecule is C=C(c1ccccc1)N1CCN(C2CN(c3ncnc4ccccc34)CC2O)CC1.OC1CN(c2ncnc3ccccc23)CC1N1CCC(O)(c2ccccc2)CC1. The maximum atomic E-state index is 11.1. The second-order valence-electron chi connectivity index (χ2n) is 16.3. The van der Waals surface area contributed by atoms with Gasteiger partial charge in [-0.3, -0.25) is 9.80 Å². The molecule has 4 aliphatic rings. The van der Waals surface area contributed by atoms with Crippen LogP contribution >= 0.6 is 0 Å². The van der Waals surface area contributed by atoms with Gasteiger partial charge in [0.2, 0.25) is 0 Å². The molecule has 0 bridgehead atoms. The van der Waals surface area contributed by atoms with Gasteiger partial charge in [-0.15, -0.1) is 0 Å². The molecule has 0 saturated carbocycles. The summed E-state index contributed by atoms with van der Waals surface area (Å²) in [6.45, 7) is 12.2. The monoisotopic (exact) mass is 791 g/mol. The number of hydrogen-bond donors (Lipinski definition) is 3. The Kier molecular flexibility index (Phi) is 11.2. The molecule has 12 nitrogen and oxygen atoms in total. The number of benzene rings is 4. The maximum Gasteiger partial charge on any atom is 0.140 e. The van der Waals surface area contributed by atoms with Crippen molar-refractivity contribution in [3.8, 4) is 0 Å². The van der Waals surface area contributed by atoms with Gasteiger partial charge >= 0.3 is 0 Å². The Morgan fingerprint density at radius 2 is 1.00 bits per heavy atom. The molecule has 3 N–H and O–H groups in total. The van der Waals surface area contributed by atoms with Crippen LogP contribution in [0.5, 0.6) is 0 Å². The first-order valence-corrected chi connectivity index (χ1v) is 20.9. The number of β-amino-alcohol motifs (C(OH)–C–C–N with tert-alkyl or cyclic N) is 2. The number of aliphatic hydroxyl groups excluding tert-OH is 2. The number of piperidine rings is 1. The molecule has 6 aromatic rings. The predicted octanol–water partition coefficient (Wildman–Crippen LogP) is 4.63. The highest BCUT2D eigenvalue weighted by molar-refractivity contribution is 5.90. The number of aromatic nitrogens is 4. The molecule has 12 heteroatoms. The van der Waals surface area contributed by atoms with E-state index in [9.17, 15) is 15.3 Å². The zero-order chi connectivity index (χ0) is 40.3. The summed E-state index contributed by atoms with van der Waals surface area (Å²) in [5.41, 5.74) is 4.32. The summed E-state index contributed by atoms with van der Waals surface area (Å²) in [5.74, 6) is 1.80. The van der Waals surface area contributed by atoms with Crippen LogP contribution in [0.2, 0.25) is 0 Å². The van der Waals surface area contributed by atoms with Crippen molar-refractivity contribution in [2.75, 3.05) is 75.2 Å². The van der Waals surface area contributed by atoms with Gasteiger partial charge in [0.1, 0.15) is 24.3 Å². The molecule has 2 aromatic heterocycles. The fourth-order valence-corrected chi connectivity index (χ4v) is 9.49. The number of rotatable bonds is 7. The first kappa shape index (κ1) is 39.0. The average molecular weight is 792 g/mol. The lowest BCUT2D eigenvalue weighted by Gasteiger charge is -2.41. The lowest BCUT2D eigenvalue weighted by molar-refractivity contribution is -0.0450. The Hall–Kier alpha value is -5.50. The van der Waals surface area contributed by atoms with E-state index in [1.807, 2.05) is 78.9 Å². The van der Waals surface area contributed by atoms with Gasteiger partial charge in [-0.05, 0) is 48.2 Å². The number of anilines is 2. The first-order valence-electron chi connectivity index (χ1n) is 20.9. The van der Waals surface area contributed by atoms with Crippen molar-refractivity contribution in [1.29, 1.82) is 0 Å². The minimum absolute atomic E-state index is 0.0454. The van der Waals surface area contributed by atoms with Crippen LogP contribution in [0.3, 0.4) is 0 Å². The molecule has 0 aliphatic carbocycles. The lowest BCUT2D eigenvalue weighted by atomic mass is 9.84. The molecule has 4 fully saturated rings. The molecule has 4 aromatic carbocycles. The Balaban J connectivity index is 0.000000152. The maximum absolute atomic E-state index is 11.1. The smallest absolute Gasteiger partial charge is 0.140 e. The van der Waals surface area contributed by atoms with Gasteiger partial charge in [-0.2, -0.15) is 0 Å². The van der Waals surface area contributed by atoms with E-state index in [-0.39, 0.29) is 18.2 Å². The van der Waals surface area contributed by atoms with Crippen LogP contribution in [0.1, 0.15) is 24.0 Å². The van der Waals surface area contributed by atoms with E-state index in [1.165, 1.54) is 5.56 Å². The molecule has 0 spiro atoms. The van der Waals surface area contributed by atoms with Gasteiger partial charge in [0.15, 0.2) is 0 Å². The molecular weight excluding hydrogens is 739 g/mol. The van der Waals surface area contributed by atoms with Crippen molar-refractivity contribution in [1.82, 2.24) is 34.6 Å².